The Kier molecular flexibility index (Phi) is 33.6. The quantitative estimate of drug-likeness (QED) is 0.598. The molecule has 0 saturated heterocycles. The Labute approximate surface area is 62.3 Å². The minimum absolute atomic E-state index is 0.628. The molecule has 0 N–H and O–H groups in total. The predicted molar refractivity (Wildman–Crippen MR) is 39.4 cm³/mol. The molecule has 0 radical (unpaired) electrons. The first-order chi connectivity index (χ1) is 2.41. The maximum absolute atomic E-state index is 2.37. The van der Waals surface area contributed by atoms with Crippen LogP contribution in [0.3, 0.4) is 0 Å². The fourth-order valence-electron chi connectivity index (χ4n) is 0. The molecule has 0 bridgehead atoms. The van der Waals surface area contributed by atoms with Crippen molar-refractivity contribution in [1.82, 2.24) is 0 Å². The first kappa shape index (κ1) is 10.1. The molecule has 0 spiro atoms. The van der Waals surface area contributed by atoms with Crippen LogP contribution in [-0.2, 0) is 9.47 Å². The van der Waals surface area contributed by atoms with Gasteiger partial charge < -0.3 is 0 Å². The fraction of sp³-hybridized carbons (Fsp3) is 1.00. The topological polar surface area (TPSA) is 0 Å². The van der Waals surface area contributed by atoms with Crippen LogP contribution >= 0.6 is 40.0 Å². The van der Waals surface area contributed by atoms with Gasteiger partial charge in [0.25, 0.3) is 0 Å². The van der Waals surface area contributed by atoms with Crippen molar-refractivity contribution in [1.29, 1.82) is 0 Å². The first-order valence-electron chi connectivity index (χ1n) is 1.34. The third-order valence-electron chi connectivity index (χ3n) is 0. The zero-order valence-corrected chi connectivity index (χ0v) is 8.91. The molecular formula is C2H6I2V. The van der Waals surface area contributed by atoms with Crippen LogP contribution in [0.1, 0.15) is 13.8 Å². The molecule has 0 aromatic heterocycles. The van der Waals surface area contributed by atoms with Crippen LogP contribution in [0.5, 0.6) is 0 Å². The second-order valence-corrected chi connectivity index (χ2v) is 11.9. The van der Waals surface area contributed by atoms with Crippen molar-refractivity contribution in [2.75, 3.05) is 0 Å². The average molecular weight is 335 g/mol. The van der Waals surface area contributed by atoms with Gasteiger partial charge in [-0.3, -0.25) is 0 Å². The van der Waals surface area contributed by atoms with E-state index in [1.165, 1.54) is 0 Å². The summed E-state index contributed by atoms with van der Waals surface area (Å²) in [6.07, 6.45) is 0. The van der Waals surface area contributed by atoms with Gasteiger partial charge in [-0.25, -0.2) is 0 Å². The number of halogens is 2. The van der Waals surface area contributed by atoms with E-state index in [2.05, 4.69) is 40.0 Å². The molecule has 0 unspecified atom stereocenters. The van der Waals surface area contributed by atoms with E-state index in [4.69, 9.17) is 0 Å². The SMILES string of the molecule is CC.[I][V][I]. The Balaban J connectivity index is 0. The molecule has 0 aliphatic heterocycles. The van der Waals surface area contributed by atoms with Crippen molar-refractivity contribution >= 4 is 40.0 Å². The molecule has 5 heavy (non-hydrogen) atoms. The van der Waals surface area contributed by atoms with Crippen molar-refractivity contribution in [3.05, 3.63) is 0 Å². The van der Waals surface area contributed by atoms with E-state index in [1.54, 1.807) is 0 Å². The summed E-state index contributed by atoms with van der Waals surface area (Å²) >= 11 is 4.74. The van der Waals surface area contributed by atoms with Crippen LogP contribution in [0.25, 0.3) is 0 Å². The monoisotopic (exact) mass is 335 g/mol. The first-order valence-corrected chi connectivity index (χ1v) is 10.4. The van der Waals surface area contributed by atoms with Crippen LogP contribution in [0.4, 0.5) is 0 Å². The Morgan fingerprint density at radius 3 is 1.20 bits per heavy atom. The fourth-order valence-corrected chi connectivity index (χ4v) is 0. The molecule has 0 aliphatic rings. The van der Waals surface area contributed by atoms with E-state index in [1.807, 2.05) is 13.8 Å². The molecule has 0 fully saturated rings. The second-order valence-electron chi connectivity index (χ2n) is 0.0639. The van der Waals surface area contributed by atoms with E-state index in [0.29, 0.717) is 9.47 Å². The summed E-state index contributed by atoms with van der Waals surface area (Å²) in [7, 11) is 0.628. The summed E-state index contributed by atoms with van der Waals surface area (Å²) in [5.74, 6) is 0. The van der Waals surface area contributed by atoms with Gasteiger partial charge in [0.15, 0.2) is 0 Å². The molecule has 0 amide bonds. The summed E-state index contributed by atoms with van der Waals surface area (Å²) < 4.78 is 0. The van der Waals surface area contributed by atoms with Gasteiger partial charge in [-0.2, -0.15) is 0 Å². The standard InChI is InChI=1S/C2H6.2HI.V/c1-2;;;/h1-2H3;2*1H;/q;;;+2/p-2. The van der Waals surface area contributed by atoms with Gasteiger partial charge in [-0.15, -0.1) is 0 Å². The van der Waals surface area contributed by atoms with Gasteiger partial charge >= 0.3 is 49.4 Å². The number of hydrogen-bond donors (Lipinski definition) is 0. The summed E-state index contributed by atoms with van der Waals surface area (Å²) in [4.78, 5) is 0. The molecule has 0 rings (SSSR count). The van der Waals surface area contributed by atoms with Gasteiger partial charge in [0.1, 0.15) is 0 Å². The third-order valence-corrected chi connectivity index (χ3v) is 0. The van der Waals surface area contributed by atoms with Crippen molar-refractivity contribution in [2.24, 2.45) is 0 Å². The van der Waals surface area contributed by atoms with E-state index in [0.717, 1.165) is 0 Å². The van der Waals surface area contributed by atoms with E-state index >= 15 is 0 Å². The zero-order chi connectivity index (χ0) is 4.71. The molecule has 0 atom stereocenters. The van der Waals surface area contributed by atoms with Crippen molar-refractivity contribution in [3.63, 3.8) is 0 Å². The van der Waals surface area contributed by atoms with Crippen LogP contribution in [-0.4, -0.2) is 0 Å². The van der Waals surface area contributed by atoms with Crippen molar-refractivity contribution < 1.29 is 9.47 Å². The van der Waals surface area contributed by atoms with E-state index in [9.17, 15) is 0 Å². The Morgan fingerprint density at radius 1 is 1.20 bits per heavy atom. The van der Waals surface area contributed by atoms with Crippen LogP contribution in [0, 0.1) is 0 Å². The Morgan fingerprint density at radius 2 is 1.20 bits per heavy atom. The van der Waals surface area contributed by atoms with Crippen LogP contribution in [0.15, 0.2) is 0 Å². The van der Waals surface area contributed by atoms with Crippen molar-refractivity contribution in [2.45, 2.75) is 13.8 Å². The zero-order valence-electron chi connectivity index (χ0n) is 3.20. The second kappa shape index (κ2) is 16.6. The third kappa shape index (κ3) is 23.7. The van der Waals surface area contributed by atoms with E-state index < -0.39 is 0 Å². The predicted octanol–water partition coefficient (Wildman–Crippen LogP) is 2.80. The molecule has 0 saturated carbocycles. The van der Waals surface area contributed by atoms with Gasteiger partial charge in [0.2, 0.25) is 0 Å². The van der Waals surface area contributed by atoms with Gasteiger partial charge in [-0.05, 0) is 0 Å². The molecular weight excluding hydrogens is 329 g/mol. The number of hydrogen-bond acceptors (Lipinski definition) is 0. The van der Waals surface area contributed by atoms with Gasteiger partial charge in [-0.1, -0.05) is 13.8 Å². The summed E-state index contributed by atoms with van der Waals surface area (Å²) in [5.41, 5.74) is 0. The minimum atomic E-state index is 0.628. The van der Waals surface area contributed by atoms with Crippen molar-refractivity contribution in [3.8, 4) is 0 Å². The molecule has 0 heterocycles. The van der Waals surface area contributed by atoms with E-state index in [-0.39, 0.29) is 0 Å². The van der Waals surface area contributed by atoms with Gasteiger partial charge in [0.05, 0.1) is 0 Å². The molecule has 3 heteroatoms. The molecule has 0 nitrogen and oxygen atoms in total. The maximum atomic E-state index is 2.37. The molecule has 0 aromatic rings. The summed E-state index contributed by atoms with van der Waals surface area (Å²) in [6, 6.07) is 0. The summed E-state index contributed by atoms with van der Waals surface area (Å²) in [5, 5.41) is 0. The summed E-state index contributed by atoms with van der Waals surface area (Å²) in [6.45, 7) is 4.00. The number of rotatable bonds is 0. The molecule has 0 aliphatic carbocycles. The Bertz CT molecular complexity index is 7.61. The average Bonchev–Trinajstić information content (AvgIpc) is 1.46. The van der Waals surface area contributed by atoms with Gasteiger partial charge in [0, 0.05) is 0 Å². The Hall–Kier alpha value is 2.04. The molecule has 0 aromatic carbocycles. The van der Waals surface area contributed by atoms with Crippen LogP contribution < -0.4 is 0 Å². The normalized spacial score (nSPS) is 4.00. The molecule has 33 valence electrons. The van der Waals surface area contributed by atoms with Crippen LogP contribution in [0.2, 0.25) is 0 Å².